The maximum Gasteiger partial charge on any atom is 0.215 e. The van der Waals surface area contributed by atoms with E-state index in [1.165, 1.54) is 36.7 Å². The third kappa shape index (κ3) is 5.15. The van der Waals surface area contributed by atoms with Crippen molar-refractivity contribution in [2.75, 3.05) is 18.1 Å². The van der Waals surface area contributed by atoms with Gasteiger partial charge < -0.3 is 0 Å². The van der Waals surface area contributed by atoms with Crippen molar-refractivity contribution in [2.45, 2.75) is 21.8 Å². The van der Waals surface area contributed by atoms with Gasteiger partial charge in [-0.2, -0.15) is 0 Å². The first-order valence-corrected chi connectivity index (χ1v) is 13.9. The minimum absolute atomic E-state index is 0.0147. The van der Waals surface area contributed by atoms with Crippen molar-refractivity contribution in [1.82, 2.24) is 9.71 Å². The molecular weight excluding hydrogens is 460 g/mol. The molecule has 1 aliphatic rings. The van der Waals surface area contributed by atoms with Crippen LogP contribution in [0.3, 0.4) is 0 Å². The van der Waals surface area contributed by atoms with Crippen LogP contribution in [0.2, 0.25) is 5.02 Å². The molecule has 1 N–H and O–H groups in total. The highest BCUT2D eigenvalue weighted by Crippen LogP contribution is 2.29. The largest absolute Gasteiger partial charge is 0.264 e. The van der Waals surface area contributed by atoms with Gasteiger partial charge in [0, 0.05) is 24.0 Å². The number of nitrogens with zero attached hydrogens (tertiary/aromatic N) is 1. The van der Waals surface area contributed by atoms with Crippen LogP contribution in [0.25, 0.3) is 0 Å². The fourth-order valence-electron chi connectivity index (χ4n) is 3.08. The zero-order chi connectivity index (χ0) is 21.3. The number of hydrogen-bond acceptors (Lipinski definition) is 7. The Hall–Kier alpha value is -1.53. The molecule has 0 saturated carbocycles. The third-order valence-corrected chi connectivity index (χ3v) is 10.9. The first-order valence-electron chi connectivity index (χ1n) is 8.59. The van der Waals surface area contributed by atoms with Crippen molar-refractivity contribution < 1.29 is 25.3 Å². The molecule has 1 fully saturated rings. The SMILES string of the molecule is O=S1(=O)CCC(S(=O)(=O)NCC(c2cccnc2)S(=O)(=O)c2ccc(Cl)cc2)C1. The van der Waals surface area contributed by atoms with Crippen molar-refractivity contribution in [3.63, 3.8) is 0 Å². The van der Waals surface area contributed by atoms with Crippen LogP contribution in [0.5, 0.6) is 0 Å². The summed E-state index contributed by atoms with van der Waals surface area (Å²) in [4.78, 5) is 3.91. The van der Waals surface area contributed by atoms with Crippen LogP contribution in [-0.2, 0) is 29.7 Å². The van der Waals surface area contributed by atoms with E-state index in [0.29, 0.717) is 10.6 Å². The van der Waals surface area contributed by atoms with Gasteiger partial charge in [0.2, 0.25) is 10.0 Å². The topological polar surface area (TPSA) is 127 Å². The summed E-state index contributed by atoms with van der Waals surface area (Å²) in [5.41, 5.74) is 0.309. The zero-order valence-corrected chi connectivity index (χ0v) is 18.3. The summed E-state index contributed by atoms with van der Waals surface area (Å²) in [6.45, 7) is -0.449. The second-order valence-electron chi connectivity index (χ2n) is 6.69. The Morgan fingerprint density at radius 1 is 1.14 bits per heavy atom. The van der Waals surface area contributed by atoms with E-state index in [-0.39, 0.29) is 17.1 Å². The van der Waals surface area contributed by atoms with Crippen LogP contribution in [0.15, 0.2) is 53.7 Å². The van der Waals surface area contributed by atoms with Gasteiger partial charge in [-0.25, -0.2) is 30.0 Å². The standard InChI is InChI=1S/C17H19ClN2O6S3/c18-14-3-5-15(6-4-14)28(23,24)17(13-2-1-8-19-10-13)11-20-29(25,26)16-7-9-27(21,22)12-16/h1-6,8,10,16-17,20H,7,9,11-12H2. The minimum atomic E-state index is -4.02. The Morgan fingerprint density at radius 3 is 2.38 bits per heavy atom. The molecule has 1 saturated heterocycles. The number of hydrogen-bond donors (Lipinski definition) is 1. The Labute approximate surface area is 175 Å². The van der Waals surface area contributed by atoms with Crippen LogP contribution in [0.1, 0.15) is 17.2 Å². The number of pyridine rings is 1. The molecule has 0 amide bonds. The first-order chi connectivity index (χ1) is 13.5. The van der Waals surface area contributed by atoms with E-state index in [1.807, 2.05) is 0 Å². The summed E-state index contributed by atoms with van der Waals surface area (Å²) < 4.78 is 77.0. The number of benzene rings is 1. The van der Waals surface area contributed by atoms with Gasteiger partial charge in [0.25, 0.3) is 0 Å². The second kappa shape index (κ2) is 8.31. The average molecular weight is 479 g/mol. The predicted molar refractivity (Wildman–Crippen MR) is 110 cm³/mol. The van der Waals surface area contributed by atoms with Gasteiger partial charge in [-0.1, -0.05) is 17.7 Å². The molecule has 158 valence electrons. The fraction of sp³-hybridized carbons (Fsp3) is 0.353. The second-order valence-corrected chi connectivity index (χ2v) is 13.5. The van der Waals surface area contributed by atoms with Crippen LogP contribution >= 0.6 is 11.6 Å². The van der Waals surface area contributed by atoms with Crippen LogP contribution in [0.4, 0.5) is 0 Å². The lowest BCUT2D eigenvalue weighted by Crippen LogP contribution is -2.38. The Morgan fingerprint density at radius 2 is 1.83 bits per heavy atom. The monoisotopic (exact) mass is 478 g/mol. The van der Waals surface area contributed by atoms with Crippen molar-refractivity contribution in [1.29, 1.82) is 0 Å². The summed E-state index contributed by atoms with van der Waals surface area (Å²) in [6, 6.07) is 8.65. The van der Waals surface area contributed by atoms with Gasteiger partial charge >= 0.3 is 0 Å². The number of aromatic nitrogens is 1. The molecule has 12 heteroatoms. The fourth-order valence-corrected chi connectivity index (χ4v) is 9.05. The molecule has 1 aromatic heterocycles. The highest BCUT2D eigenvalue weighted by molar-refractivity contribution is 7.95. The number of rotatable bonds is 7. The minimum Gasteiger partial charge on any atom is -0.264 e. The smallest absolute Gasteiger partial charge is 0.215 e. The molecule has 1 aliphatic heterocycles. The molecule has 0 aliphatic carbocycles. The van der Waals surface area contributed by atoms with E-state index < -0.39 is 52.5 Å². The zero-order valence-electron chi connectivity index (χ0n) is 15.1. The lowest BCUT2D eigenvalue weighted by atomic mass is 10.2. The Kier molecular flexibility index (Phi) is 6.35. The number of nitrogens with one attached hydrogen (secondary N) is 1. The summed E-state index contributed by atoms with van der Waals surface area (Å²) in [7, 11) is -11.4. The van der Waals surface area contributed by atoms with Crippen molar-refractivity contribution >= 4 is 41.3 Å². The molecule has 29 heavy (non-hydrogen) atoms. The summed E-state index contributed by atoms with van der Waals surface area (Å²) in [5, 5.41) is -1.98. The average Bonchev–Trinajstić information content (AvgIpc) is 3.03. The number of halogens is 1. The quantitative estimate of drug-likeness (QED) is 0.636. The maximum absolute atomic E-state index is 13.2. The molecule has 0 bridgehead atoms. The van der Waals surface area contributed by atoms with Crippen LogP contribution in [-0.4, -0.2) is 53.5 Å². The molecule has 2 heterocycles. The molecule has 3 rings (SSSR count). The van der Waals surface area contributed by atoms with E-state index in [0.717, 1.165) is 0 Å². The summed E-state index contributed by atoms with van der Waals surface area (Å²) in [6.07, 6.45) is 2.81. The predicted octanol–water partition coefficient (Wildman–Crippen LogP) is 1.36. The molecule has 8 nitrogen and oxygen atoms in total. The molecule has 2 atom stereocenters. The van der Waals surface area contributed by atoms with E-state index in [9.17, 15) is 25.3 Å². The number of sulfonamides is 1. The lowest BCUT2D eigenvalue weighted by Gasteiger charge is -2.20. The van der Waals surface area contributed by atoms with Crippen LogP contribution < -0.4 is 4.72 Å². The summed E-state index contributed by atoms with van der Waals surface area (Å²) in [5.74, 6) is -0.669. The molecule has 0 radical (unpaired) electrons. The highest BCUT2D eigenvalue weighted by Gasteiger charge is 2.38. The van der Waals surface area contributed by atoms with Gasteiger partial charge in [0.05, 0.1) is 21.7 Å². The summed E-state index contributed by atoms with van der Waals surface area (Å²) >= 11 is 5.83. The number of sulfone groups is 2. The normalized spacial score (nSPS) is 20.4. The van der Waals surface area contributed by atoms with Gasteiger partial charge in [-0.3, -0.25) is 4.98 Å². The lowest BCUT2D eigenvalue weighted by molar-refractivity contribution is 0.560. The Bertz CT molecular complexity index is 1180. The van der Waals surface area contributed by atoms with Crippen molar-refractivity contribution in [3.05, 3.63) is 59.4 Å². The molecule has 2 unspecified atom stereocenters. The molecule has 0 spiro atoms. The van der Waals surface area contributed by atoms with Crippen molar-refractivity contribution in [2.24, 2.45) is 0 Å². The van der Waals surface area contributed by atoms with E-state index in [2.05, 4.69) is 9.71 Å². The van der Waals surface area contributed by atoms with Gasteiger partial charge in [0.15, 0.2) is 19.7 Å². The van der Waals surface area contributed by atoms with Gasteiger partial charge in [0.1, 0.15) is 5.25 Å². The first kappa shape index (κ1) is 22.2. The van der Waals surface area contributed by atoms with Crippen molar-refractivity contribution in [3.8, 4) is 0 Å². The third-order valence-electron chi connectivity index (χ3n) is 4.67. The molecular formula is C17H19ClN2O6S3. The van der Waals surface area contributed by atoms with E-state index in [4.69, 9.17) is 11.6 Å². The highest BCUT2D eigenvalue weighted by atomic mass is 35.5. The van der Waals surface area contributed by atoms with Gasteiger partial charge in [-0.15, -0.1) is 0 Å². The maximum atomic E-state index is 13.2. The molecule has 1 aromatic carbocycles. The van der Waals surface area contributed by atoms with E-state index >= 15 is 0 Å². The Balaban J connectivity index is 1.90. The van der Waals surface area contributed by atoms with Crippen LogP contribution in [0, 0.1) is 0 Å². The molecule has 2 aromatic rings. The van der Waals surface area contributed by atoms with E-state index in [1.54, 1.807) is 12.1 Å². The van der Waals surface area contributed by atoms with Gasteiger partial charge in [-0.05, 0) is 42.3 Å².